The van der Waals surface area contributed by atoms with E-state index in [1.165, 1.54) is 7.11 Å². The van der Waals surface area contributed by atoms with Crippen LogP contribution in [-0.2, 0) is 9.47 Å². The molecule has 0 amide bonds. The number of hydrogen-bond donors (Lipinski definition) is 2. The van der Waals surface area contributed by atoms with Gasteiger partial charge in [0.05, 0.1) is 12.6 Å². The van der Waals surface area contributed by atoms with Gasteiger partial charge in [0, 0.05) is 7.11 Å². The number of rotatable bonds is 2. The molecule has 0 aromatic heterocycles. The van der Waals surface area contributed by atoms with Crippen LogP contribution in [0.4, 0.5) is 0 Å². The van der Waals surface area contributed by atoms with E-state index in [1.54, 1.807) is 6.92 Å². The average molecular weight is 174 g/mol. The number of aliphatic hydroxyl groups is 2. The Morgan fingerprint density at radius 3 is 2.50 bits per heavy atom. The highest BCUT2D eigenvalue weighted by molar-refractivity contribution is 6.11. The predicted molar refractivity (Wildman–Crippen MR) is 45.7 cm³/mol. The maximum Gasteiger partial charge on any atom is 0.142 e. The van der Waals surface area contributed by atoms with E-state index in [1.807, 2.05) is 7.85 Å². The minimum atomic E-state index is -0.875. The molecule has 1 fully saturated rings. The molecule has 0 saturated carbocycles. The van der Waals surface area contributed by atoms with Crippen LogP contribution in [-0.4, -0.2) is 55.6 Å². The lowest BCUT2D eigenvalue weighted by Crippen LogP contribution is -2.44. The number of hydrogen-bond acceptors (Lipinski definition) is 4. The highest BCUT2D eigenvalue weighted by Crippen LogP contribution is 2.30. The van der Waals surface area contributed by atoms with Crippen LogP contribution < -0.4 is 0 Å². The molecule has 5 heteroatoms. The van der Waals surface area contributed by atoms with Crippen LogP contribution in [0.2, 0.25) is 0 Å². The molecule has 0 unspecified atom stereocenters. The molecule has 0 radical (unpaired) electrons. The summed E-state index contributed by atoms with van der Waals surface area (Å²) in [4.78, 5) is 0. The molecule has 4 nitrogen and oxygen atoms in total. The molecule has 0 aliphatic carbocycles. The van der Waals surface area contributed by atoms with E-state index in [0.29, 0.717) is 0 Å². The molecule has 1 aliphatic rings. The predicted octanol–water partition coefficient (Wildman–Crippen LogP) is -1.90. The van der Waals surface area contributed by atoms with Gasteiger partial charge >= 0.3 is 0 Å². The Labute approximate surface area is 72.9 Å². The van der Waals surface area contributed by atoms with Crippen LogP contribution in [0.5, 0.6) is 0 Å². The van der Waals surface area contributed by atoms with Crippen LogP contribution in [0.15, 0.2) is 0 Å². The first-order valence-corrected chi connectivity index (χ1v) is 4.04. The summed E-state index contributed by atoms with van der Waals surface area (Å²) in [7, 11) is 3.34. The molecule has 70 valence electrons. The van der Waals surface area contributed by atoms with Crippen LogP contribution in [0.1, 0.15) is 6.92 Å². The van der Waals surface area contributed by atoms with E-state index >= 15 is 0 Å². The molecule has 0 aromatic carbocycles. The number of ether oxygens (including phenoxy) is 2. The van der Waals surface area contributed by atoms with Gasteiger partial charge in [0.1, 0.15) is 25.7 Å². The Morgan fingerprint density at radius 2 is 2.25 bits per heavy atom. The average Bonchev–Trinajstić information content (AvgIpc) is 2.25. The Kier molecular flexibility index (Phi) is 2.78. The second kappa shape index (κ2) is 3.34. The fraction of sp³-hybridized carbons (Fsp3) is 1.00. The summed E-state index contributed by atoms with van der Waals surface area (Å²) in [5.74, 6) is 0. The molecule has 0 spiro atoms. The second-order valence-corrected chi connectivity index (χ2v) is 3.44. The normalized spacial score (nSPS) is 48.2. The molecule has 1 saturated heterocycles. The van der Waals surface area contributed by atoms with Crippen molar-refractivity contribution < 1.29 is 19.7 Å². The Bertz CT molecular complexity index is 165. The van der Waals surface area contributed by atoms with E-state index in [2.05, 4.69) is 0 Å². The van der Waals surface area contributed by atoms with E-state index in [0.717, 1.165) is 0 Å². The molecule has 0 bridgehead atoms. The monoisotopic (exact) mass is 174 g/mol. The Morgan fingerprint density at radius 1 is 1.67 bits per heavy atom. The summed E-state index contributed by atoms with van der Waals surface area (Å²) in [6, 6.07) is -0.179. The first kappa shape index (κ1) is 9.99. The first-order chi connectivity index (χ1) is 5.55. The smallest absolute Gasteiger partial charge is 0.142 e. The third-order valence-corrected chi connectivity index (χ3v) is 2.44. The van der Waals surface area contributed by atoms with Crippen molar-refractivity contribution in [1.82, 2.24) is 0 Å². The summed E-state index contributed by atoms with van der Waals surface area (Å²) in [6.07, 6.45) is -1.11. The maximum absolute atomic E-state index is 9.67. The van der Waals surface area contributed by atoms with Gasteiger partial charge in [-0.1, -0.05) is 0 Å². The summed E-state index contributed by atoms with van der Waals surface area (Å²) in [5.41, 5.74) is -0.875. The summed E-state index contributed by atoms with van der Waals surface area (Å²) >= 11 is 0. The number of aliphatic hydroxyl groups excluding tert-OH is 2. The lowest BCUT2D eigenvalue weighted by Gasteiger charge is -2.25. The number of methoxy groups -OCH3 is 1. The van der Waals surface area contributed by atoms with Crippen molar-refractivity contribution in [3.05, 3.63) is 0 Å². The third-order valence-electron chi connectivity index (χ3n) is 2.44. The van der Waals surface area contributed by atoms with Crippen LogP contribution >= 0.6 is 0 Å². The van der Waals surface area contributed by atoms with Gasteiger partial charge in [-0.15, -0.1) is 0 Å². The topological polar surface area (TPSA) is 58.9 Å². The molecule has 1 rings (SSSR count). The highest BCUT2D eigenvalue weighted by Gasteiger charge is 2.49. The zero-order valence-corrected chi connectivity index (χ0v) is 7.65. The van der Waals surface area contributed by atoms with Crippen LogP contribution in [0, 0.1) is 0 Å². The maximum atomic E-state index is 9.67. The highest BCUT2D eigenvalue weighted by atomic mass is 16.6. The zero-order valence-electron chi connectivity index (χ0n) is 7.65. The molecule has 12 heavy (non-hydrogen) atoms. The van der Waals surface area contributed by atoms with E-state index in [4.69, 9.17) is 14.6 Å². The molecule has 4 atom stereocenters. The van der Waals surface area contributed by atoms with Gasteiger partial charge in [-0.05, 0) is 6.92 Å². The van der Waals surface area contributed by atoms with E-state index in [-0.39, 0.29) is 18.7 Å². The van der Waals surface area contributed by atoms with Crippen molar-refractivity contribution in [1.29, 1.82) is 0 Å². The van der Waals surface area contributed by atoms with Gasteiger partial charge in [0.15, 0.2) is 0 Å². The van der Waals surface area contributed by atoms with Crippen LogP contribution in [0.25, 0.3) is 0 Å². The fourth-order valence-electron chi connectivity index (χ4n) is 1.62. The summed E-state index contributed by atoms with van der Waals surface area (Å²) < 4.78 is 10.4. The van der Waals surface area contributed by atoms with Crippen molar-refractivity contribution in [3.8, 4) is 0 Å². The Balaban J connectivity index is 2.74. The van der Waals surface area contributed by atoms with Crippen molar-refractivity contribution >= 4 is 7.85 Å². The first-order valence-electron chi connectivity index (χ1n) is 4.04. The lowest BCUT2D eigenvalue weighted by molar-refractivity contribution is -0.0876. The molecular formula is C7H15BO4. The second-order valence-electron chi connectivity index (χ2n) is 3.44. The van der Waals surface area contributed by atoms with Crippen molar-refractivity contribution in [2.45, 2.75) is 30.7 Å². The van der Waals surface area contributed by atoms with Crippen molar-refractivity contribution in [3.63, 3.8) is 0 Å². The fourth-order valence-corrected chi connectivity index (χ4v) is 1.62. The van der Waals surface area contributed by atoms with Crippen molar-refractivity contribution in [2.75, 3.05) is 13.7 Å². The quantitative estimate of drug-likeness (QED) is 0.480. The van der Waals surface area contributed by atoms with Gasteiger partial charge in [-0.3, -0.25) is 0 Å². The largest absolute Gasteiger partial charge is 0.393 e. The van der Waals surface area contributed by atoms with Gasteiger partial charge in [-0.25, -0.2) is 0 Å². The van der Waals surface area contributed by atoms with E-state index in [9.17, 15) is 5.11 Å². The minimum absolute atomic E-state index is 0.179. The minimum Gasteiger partial charge on any atom is -0.393 e. The molecule has 1 aliphatic heterocycles. The van der Waals surface area contributed by atoms with Gasteiger partial charge in [-0.2, -0.15) is 0 Å². The molecule has 0 aromatic rings. The van der Waals surface area contributed by atoms with Crippen LogP contribution in [0.3, 0.4) is 0 Å². The summed E-state index contributed by atoms with van der Waals surface area (Å²) in [6.45, 7) is 1.48. The standard InChI is InChI=1S/C7H15BO4/c1-7(3-9)5(10)4(11-2)6(8)12-7/h4-6,9-10H,3,8H2,1-2H3/t4-,5+,6+,7-/m0/s1. The zero-order chi connectivity index (χ0) is 9.35. The van der Waals surface area contributed by atoms with Gasteiger partial charge in [0.25, 0.3) is 0 Å². The SMILES string of the molecule is B[C@@H]1O[C@@](C)(CO)[C@H](O)[C@@H]1OC. The summed E-state index contributed by atoms with van der Waals surface area (Å²) in [5, 5.41) is 18.7. The molecule has 2 N–H and O–H groups in total. The Hall–Kier alpha value is -0.0951. The van der Waals surface area contributed by atoms with Gasteiger partial charge in [0.2, 0.25) is 0 Å². The molecule has 1 heterocycles. The lowest BCUT2D eigenvalue weighted by atomic mass is 9.90. The van der Waals surface area contributed by atoms with Gasteiger partial charge < -0.3 is 19.7 Å². The molecular weight excluding hydrogens is 159 g/mol. The van der Waals surface area contributed by atoms with E-state index < -0.39 is 11.7 Å². The third kappa shape index (κ3) is 1.37. The van der Waals surface area contributed by atoms with Crippen molar-refractivity contribution in [2.24, 2.45) is 0 Å².